The Morgan fingerprint density at radius 2 is 1.59 bits per heavy atom. The van der Waals surface area contributed by atoms with E-state index in [4.69, 9.17) is 19.0 Å². The van der Waals surface area contributed by atoms with Gasteiger partial charge in [-0.15, -0.1) is 0 Å². The molecule has 1 aromatic heterocycles. The molecule has 2 saturated heterocycles. The van der Waals surface area contributed by atoms with E-state index in [1.807, 2.05) is 13.0 Å². The van der Waals surface area contributed by atoms with Gasteiger partial charge in [-0.05, 0) is 18.1 Å². The SMILES string of the molecule is Cc1cncc(CON[C@@H]2OC(CO)[C@@H](O)[C@@H](OC3OC(CO)[C@@H](O)[C@@H](O)C3O)C2O)c1. The van der Waals surface area contributed by atoms with Crippen molar-refractivity contribution in [1.29, 1.82) is 0 Å². The van der Waals surface area contributed by atoms with Gasteiger partial charge in [-0.3, -0.25) is 9.82 Å². The van der Waals surface area contributed by atoms with Crippen LogP contribution in [0.4, 0.5) is 0 Å². The van der Waals surface area contributed by atoms with Crippen molar-refractivity contribution in [3.05, 3.63) is 29.6 Å². The predicted molar refractivity (Wildman–Crippen MR) is 103 cm³/mol. The molecular formula is C19H30N2O11. The average molecular weight is 462 g/mol. The van der Waals surface area contributed by atoms with E-state index in [0.29, 0.717) is 0 Å². The van der Waals surface area contributed by atoms with Crippen LogP contribution in [-0.4, -0.2) is 115 Å². The Hall–Kier alpha value is -1.33. The highest BCUT2D eigenvalue weighted by Gasteiger charge is 2.50. The minimum atomic E-state index is -1.74. The molecule has 182 valence electrons. The van der Waals surface area contributed by atoms with E-state index in [0.717, 1.165) is 11.1 Å². The van der Waals surface area contributed by atoms with Crippen LogP contribution in [0.1, 0.15) is 11.1 Å². The second-order valence-corrected chi connectivity index (χ2v) is 7.83. The molecule has 2 aliphatic heterocycles. The molecule has 13 nitrogen and oxygen atoms in total. The lowest BCUT2D eigenvalue weighted by Crippen LogP contribution is -2.66. The van der Waals surface area contributed by atoms with Crippen LogP contribution in [-0.2, 0) is 25.7 Å². The molecule has 0 aliphatic carbocycles. The summed E-state index contributed by atoms with van der Waals surface area (Å²) >= 11 is 0. The summed E-state index contributed by atoms with van der Waals surface area (Å²) in [6.45, 7) is 0.648. The van der Waals surface area contributed by atoms with Gasteiger partial charge in [-0.2, -0.15) is 5.48 Å². The van der Waals surface area contributed by atoms with Gasteiger partial charge in [0, 0.05) is 12.4 Å². The smallest absolute Gasteiger partial charge is 0.187 e. The normalized spacial score (nSPS) is 40.4. The van der Waals surface area contributed by atoms with Crippen LogP contribution in [0.25, 0.3) is 0 Å². The largest absolute Gasteiger partial charge is 0.394 e. The highest BCUT2D eigenvalue weighted by atomic mass is 16.7. The van der Waals surface area contributed by atoms with E-state index in [2.05, 4.69) is 10.5 Å². The molecule has 10 atom stereocenters. The van der Waals surface area contributed by atoms with Crippen LogP contribution >= 0.6 is 0 Å². The molecule has 2 fully saturated rings. The molecule has 5 unspecified atom stereocenters. The number of ether oxygens (including phenoxy) is 3. The van der Waals surface area contributed by atoms with Crippen molar-refractivity contribution in [2.45, 2.75) is 74.9 Å². The summed E-state index contributed by atoms with van der Waals surface area (Å²) in [6.07, 6.45) is -11.6. The number of hydrogen-bond acceptors (Lipinski definition) is 13. The number of hydrogen-bond donors (Lipinski definition) is 8. The zero-order chi connectivity index (χ0) is 23.4. The van der Waals surface area contributed by atoms with Crippen molar-refractivity contribution in [3.8, 4) is 0 Å². The van der Waals surface area contributed by atoms with Crippen molar-refractivity contribution in [2.75, 3.05) is 13.2 Å². The second-order valence-electron chi connectivity index (χ2n) is 7.83. The quantitative estimate of drug-likeness (QED) is 0.174. The lowest BCUT2D eigenvalue weighted by molar-refractivity contribution is -0.347. The van der Waals surface area contributed by atoms with Crippen molar-refractivity contribution >= 4 is 0 Å². The summed E-state index contributed by atoms with van der Waals surface area (Å²) in [5.74, 6) is 0. The zero-order valence-electron chi connectivity index (χ0n) is 17.3. The Bertz CT molecular complexity index is 726. The Morgan fingerprint density at radius 3 is 2.25 bits per heavy atom. The number of aliphatic hydroxyl groups excluding tert-OH is 7. The van der Waals surface area contributed by atoms with Gasteiger partial charge in [0.2, 0.25) is 0 Å². The third kappa shape index (κ3) is 5.59. The van der Waals surface area contributed by atoms with Crippen molar-refractivity contribution in [1.82, 2.24) is 10.5 Å². The third-order valence-electron chi connectivity index (χ3n) is 5.38. The first kappa shape index (κ1) is 25.3. The average Bonchev–Trinajstić information content (AvgIpc) is 2.78. The molecule has 2 aliphatic rings. The molecule has 0 aromatic carbocycles. The maximum Gasteiger partial charge on any atom is 0.187 e. The van der Waals surface area contributed by atoms with Crippen molar-refractivity contribution < 1.29 is 54.8 Å². The van der Waals surface area contributed by atoms with E-state index in [-0.39, 0.29) is 6.61 Å². The number of aromatic nitrogens is 1. The zero-order valence-corrected chi connectivity index (χ0v) is 17.3. The number of nitrogens with one attached hydrogen (secondary N) is 1. The monoisotopic (exact) mass is 462 g/mol. The minimum Gasteiger partial charge on any atom is -0.394 e. The molecule has 13 heteroatoms. The summed E-state index contributed by atoms with van der Waals surface area (Å²) in [6, 6.07) is 1.85. The van der Waals surface area contributed by atoms with Gasteiger partial charge < -0.3 is 50.0 Å². The van der Waals surface area contributed by atoms with Crippen LogP contribution < -0.4 is 5.48 Å². The second kappa shape index (κ2) is 11.2. The molecule has 8 N–H and O–H groups in total. The first-order valence-electron chi connectivity index (χ1n) is 10.1. The van der Waals surface area contributed by atoms with Gasteiger partial charge in [-0.1, -0.05) is 6.07 Å². The van der Waals surface area contributed by atoms with Gasteiger partial charge in [0.15, 0.2) is 12.5 Å². The molecule has 0 spiro atoms. The summed E-state index contributed by atoms with van der Waals surface area (Å²) in [5, 5.41) is 70.0. The topological polar surface area (TPSA) is 203 Å². The van der Waals surface area contributed by atoms with E-state index in [9.17, 15) is 35.7 Å². The lowest BCUT2D eigenvalue weighted by Gasteiger charge is -2.46. The Labute approximate surface area is 183 Å². The van der Waals surface area contributed by atoms with Gasteiger partial charge in [0.05, 0.1) is 19.8 Å². The highest BCUT2D eigenvalue weighted by Crippen LogP contribution is 2.28. The fraction of sp³-hybridized carbons (Fsp3) is 0.737. The molecule has 0 bridgehead atoms. The summed E-state index contributed by atoms with van der Waals surface area (Å²) in [5.41, 5.74) is 4.18. The van der Waals surface area contributed by atoms with Crippen LogP contribution in [0.15, 0.2) is 18.5 Å². The summed E-state index contributed by atoms with van der Waals surface area (Å²) < 4.78 is 16.2. The Morgan fingerprint density at radius 1 is 0.906 bits per heavy atom. The third-order valence-corrected chi connectivity index (χ3v) is 5.38. The van der Waals surface area contributed by atoms with Gasteiger partial charge in [0.25, 0.3) is 0 Å². The lowest BCUT2D eigenvalue weighted by atomic mass is 9.96. The first-order valence-corrected chi connectivity index (χ1v) is 10.1. The van der Waals surface area contributed by atoms with Crippen LogP contribution in [0, 0.1) is 6.92 Å². The molecule has 1 aromatic rings. The number of nitrogens with zero attached hydrogens (tertiary/aromatic N) is 1. The summed E-state index contributed by atoms with van der Waals surface area (Å²) in [7, 11) is 0. The maximum atomic E-state index is 10.7. The summed E-state index contributed by atoms with van der Waals surface area (Å²) in [4.78, 5) is 9.40. The minimum absolute atomic E-state index is 0.0752. The van der Waals surface area contributed by atoms with Crippen LogP contribution in [0.5, 0.6) is 0 Å². The fourth-order valence-electron chi connectivity index (χ4n) is 3.58. The van der Waals surface area contributed by atoms with Crippen LogP contribution in [0.2, 0.25) is 0 Å². The van der Waals surface area contributed by atoms with E-state index >= 15 is 0 Å². The molecule has 0 amide bonds. The van der Waals surface area contributed by atoms with Gasteiger partial charge >= 0.3 is 0 Å². The molecule has 3 rings (SSSR count). The molecule has 0 radical (unpaired) electrons. The molecule has 3 heterocycles. The van der Waals surface area contributed by atoms with E-state index in [1.54, 1.807) is 12.4 Å². The van der Waals surface area contributed by atoms with Crippen molar-refractivity contribution in [3.63, 3.8) is 0 Å². The van der Waals surface area contributed by atoms with E-state index in [1.165, 1.54) is 0 Å². The van der Waals surface area contributed by atoms with Crippen molar-refractivity contribution in [2.24, 2.45) is 0 Å². The number of rotatable bonds is 8. The maximum absolute atomic E-state index is 10.7. The number of aliphatic hydroxyl groups is 7. The Balaban J connectivity index is 1.66. The van der Waals surface area contributed by atoms with Gasteiger partial charge in [0.1, 0.15) is 48.8 Å². The van der Waals surface area contributed by atoms with E-state index < -0.39 is 74.6 Å². The molecule has 0 saturated carbocycles. The number of aryl methyl sites for hydroxylation is 1. The standard InChI is InChI=1S/C19H30N2O11/c1-8-2-9(4-20-3-8)7-29-21-18-16(28)17(13(25)11(6-23)30-18)32-19-15(27)14(26)12(24)10(5-22)31-19/h2-4,10-19,21-28H,5-7H2,1H3/t10?,11?,12-,13-,14-,15?,16?,17-,18-,19?/m1/s1. The molecule has 32 heavy (non-hydrogen) atoms. The number of pyridine rings is 1. The first-order chi connectivity index (χ1) is 15.3. The van der Waals surface area contributed by atoms with Crippen LogP contribution in [0.3, 0.4) is 0 Å². The number of hydroxylamine groups is 1. The Kier molecular flexibility index (Phi) is 8.85. The predicted octanol–water partition coefficient (Wildman–Crippen LogP) is -3.96. The fourth-order valence-corrected chi connectivity index (χ4v) is 3.58. The molecular weight excluding hydrogens is 432 g/mol. The highest BCUT2D eigenvalue weighted by molar-refractivity contribution is 5.15. The van der Waals surface area contributed by atoms with Gasteiger partial charge in [-0.25, -0.2) is 0 Å².